The molecule has 2 aromatic carbocycles. The molecule has 3 heterocycles. The van der Waals surface area contributed by atoms with Crippen LogP contribution in [0.25, 0.3) is 11.3 Å². The molecule has 0 radical (unpaired) electrons. The zero-order chi connectivity index (χ0) is 21.4. The second-order valence-corrected chi connectivity index (χ2v) is 6.88. The van der Waals surface area contributed by atoms with Gasteiger partial charge in [0.1, 0.15) is 0 Å². The number of nitrogens with zero attached hydrogens (tertiary/aromatic N) is 3. The number of rotatable bonds is 5. The Balaban J connectivity index is 1.63. The van der Waals surface area contributed by atoms with Gasteiger partial charge in [-0.1, -0.05) is 30.2 Å². The lowest BCUT2D eigenvalue weighted by Gasteiger charge is -2.21. The highest BCUT2D eigenvalue weighted by molar-refractivity contribution is 5.91. The highest BCUT2D eigenvalue weighted by atomic mass is 16.7. The van der Waals surface area contributed by atoms with Gasteiger partial charge >= 0.3 is 12.0 Å². The van der Waals surface area contributed by atoms with Gasteiger partial charge in [-0.2, -0.15) is 4.98 Å². The third-order valence-corrected chi connectivity index (χ3v) is 4.83. The molecule has 31 heavy (non-hydrogen) atoms. The first-order valence-corrected chi connectivity index (χ1v) is 9.71. The number of carboxylic acid groups (broad SMARTS) is 1. The van der Waals surface area contributed by atoms with E-state index in [1.165, 1.54) is 6.07 Å². The fourth-order valence-electron chi connectivity index (χ4n) is 3.40. The van der Waals surface area contributed by atoms with E-state index in [0.29, 0.717) is 35.1 Å². The molecule has 0 amide bonds. The van der Waals surface area contributed by atoms with Crippen LogP contribution in [0.5, 0.6) is 23.4 Å². The molecule has 2 aliphatic rings. The Morgan fingerprint density at radius 2 is 2.03 bits per heavy atom. The normalized spacial score (nSPS) is 15.7. The maximum Gasteiger partial charge on any atom is 0.339 e. The molecular formula is C21H18N4O6. The number of carboxylic acids is 1. The summed E-state index contributed by atoms with van der Waals surface area (Å²) in [5.74, 6) is -0.132. The zero-order valence-corrected chi connectivity index (χ0v) is 16.5. The van der Waals surface area contributed by atoms with Crippen molar-refractivity contribution < 1.29 is 28.8 Å². The summed E-state index contributed by atoms with van der Waals surface area (Å²) in [4.78, 5) is 16.3. The van der Waals surface area contributed by atoms with E-state index >= 15 is 0 Å². The van der Waals surface area contributed by atoms with Gasteiger partial charge in [0.15, 0.2) is 23.4 Å². The summed E-state index contributed by atoms with van der Waals surface area (Å²) in [5.41, 5.74) is 2.21. The fraction of sp³-hybridized carbons (Fsp3) is 0.238. The number of nitrogens with one attached hydrogen (secondary N) is 1. The Kier molecular flexibility index (Phi) is 4.66. The number of para-hydroxylation sites is 1. The molecular weight excluding hydrogens is 404 g/mol. The van der Waals surface area contributed by atoms with Gasteiger partial charge in [0, 0.05) is 16.8 Å². The molecule has 0 fully saturated rings. The van der Waals surface area contributed by atoms with E-state index in [1.807, 2.05) is 31.2 Å². The van der Waals surface area contributed by atoms with Crippen LogP contribution in [-0.2, 0) is 0 Å². The molecule has 0 bridgehead atoms. The van der Waals surface area contributed by atoms with Gasteiger partial charge in [-0.3, -0.25) is 0 Å². The minimum Gasteiger partial charge on any atom is -0.478 e. The number of hydrogen-bond acceptors (Lipinski definition) is 9. The largest absolute Gasteiger partial charge is 0.478 e. The lowest BCUT2D eigenvalue weighted by atomic mass is 10.0. The van der Waals surface area contributed by atoms with E-state index in [1.54, 1.807) is 6.07 Å². The van der Waals surface area contributed by atoms with Crippen molar-refractivity contribution in [1.82, 2.24) is 15.2 Å². The Morgan fingerprint density at radius 1 is 1.23 bits per heavy atom. The van der Waals surface area contributed by atoms with Crippen molar-refractivity contribution >= 4 is 11.7 Å². The van der Waals surface area contributed by atoms with Gasteiger partial charge in [0.05, 0.1) is 12.2 Å². The third kappa shape index (κ3) is 3.41. The van der Waals surface area contributed by atoms with Crippen LogP contribution in [-0.4, -0.2) is 39.7 Å². The molecule has 1 unspecified atom stereocenters. The van der Waals surface area contributed by atoms with E-state index in [9.17, 15) is 9.90 Å². The first-order valence-electron chi connectivity index (χ1n) is 9.71. The van der Waals surface area contributed by atoms with Crippen molar-refractivity contribution in [2.45, 2.75) is 19.6 Å². The Hall–Kier alpha value is -4.08. The molecule has 0 spiro atoms. The maximum atomic E-state index is 12.0. The first-order chi connectivity index (χ1) is 15.1. The van der Waals surface area contributed by atoms with Gasteiger partial charge in [-0.25, -0.2) is 4.79 Å². The van der Waals surface area contributed by atoms with Crippen molar-refractivity contribution in [2.24, 2.45) is 0 Å². The Morgan fingerprint density at radius 3 is 2.84 bits per heavy atom. The van der Waals surface area contributed by atoms with Crippen LogP contribution in [0, 0.1) is 0 Å². The van der Waals surface area contributed by atoms with Crippen LogP contribution in [0.15, 0.2) is 36.4 Å². The SMILES string of the molecule is CCCOc1nnc2c(n1)OC(c1cc3c(cc1C(=O)O)OCO3)Nc1ccccc1-2. The van der Waals surface area contributed by atoms with Gasteiger partial charge in [-0.15, -0.1) is 5.10 Å². The summed E-state index contributed by atoms with van der Waals surface area (Å²) in [6, 6.07) is 10.5. The van der Waals surface area contributed by atoms with E-state index in [0.717, 1.165) is 12.0 Å². The molecule has 1 atom stereocenters. The summed E-state index contributed by atoms with van der Waals surface area (Å²) in [7, 11) is 0. The monoisotopic (exact) mass is 422 g/mol. The molecule has 0 saturated heterocycles. The minimum absolute atomic E-state index is 0.0205. The topological polar surface area (TPSA) is 125 Å². The first kappa shape index (κ1) is 18.9. The third-order valence-electron chi connectivity index (χ3n) is 4.83. The number of ether oxygens (including phenoxy) is 4. The number of fused-ring (bicyclic) bond motifs is 4. The van der Waals surface area contributed by atoms with E-state index in [4.69, 9.17) is 18.9 Å². The number of carbonyl (C=O) groups is 1. The van der Waals surface area contributed by atoms with Gasteiger partial charge in [0.2, 0.25) is 12.7 Å². The standard InChI is InChI=1S/C21H18N4O6/c1-2-7-28-21-23-19-17(24-25-21)11-5-3-4-6-14(11)22-18(31-19)12-8-15-16(30-10-29-15)9-13(12)20(26)27/h3-6,8-9,18,22H,2,7,10H2,1H3,(H,26,27). The lowest BCUT2D eigenvalue weighted by Crippen LogP contribution is -2.20. The van der Waals surface area contributed by atoms with Crippen LogP contribution in [0.2, 0.25) is 0 Å². The predicted molar refractivity (Wildman–Crippen MR) is 108 cm³/mol. The second kappa shape index (κ2) is 7.63. The summed E-state index contributed by atoms with van der Waals surface area (Å²) < 4.78 is 22.4. The van der Waals surface area contributed by atoms with Crippen molar-refractivity contribution in [3.05, 3.63) is 47.5 Å². The van der Waals surface area contributed by atoms with Crippen LogP contribution in [0.1, 0.15) is 35.5 Å². The molecule has 2 N–H and O–H groups in total. The number of benzene rings is 2. The van der Waals surface area contributed by atoms with Crippen LogP contribution in [0.3, 0.4) is 0 Å². The summed E-state index contributed by atoms with van der Waals surface area (Å²) in [6.07, 6.45) is -0.105. The maximum absolute atomic E-state index is 12.0. The highest BCUT2D eigenvalue weighted by Crippen LogP contribution is 2.42. The Bertz CT molecular complexity index is 1170. The summed E-state index contributed by atoms with van der Waals surface area (Å²) in [6.45, 7) is 2.43. The molecule has 1 aromatic heterocycles. The minimum atomic E-state index is -1.12. The van der Waals surface area contributed by atoms with Crippen molar-refractivity contribution in [3.8, 4) is 34.6 Å². The molecule has 10 nitrogen and oxygen atoms in total. The predicted octanol–water partition coefficient (Wildman–Crippen LogP) is 3.26. The molecule has 5 rings (SSSR count). The molecule has 10 heteroatoms. The van der Waals surface area contributed by atoms with Crippen molar-refractivity contribution in [3.63, 3.8) is 0 Å². The van der Waals surface area contributed by atoms with Gasteiger partial charge in [0.25, 0.3) is 0 Å². The summed E-state index contributed by atoms with van der Waals surface area (Å²) in [5, 5.41) is 21.3. The van der Waals surface area contributed by atoms with Crippen LogP contribution >= 0.6 is 0 Å². The van der Waals surface area contributed by atoms with Crippen molar-refractivity contribution in [1.29, 1.82) is 0 Å². The highest BCUT2D eigenvalue weighted by Gasteiger charge is 2.31. The average Bonchev–Trinajstić information content (AvgIpc) is 3.17. The number of aromatic nitrogens is 3. The number of hydrogen-bond donors (Lipinski definition) is 2. The molecule has 0 saturated carbocycles. The van der Waals surface area contributed by atoms with E-state index in [-0.39, 0.29) is 24.2 Å². The smallest absolute Gasteiger partial charge is 0.339 e. The zero-order valence-electron chi connectivity index (χ0n) is 16.5. The number of anilines is 1. The molecule has 3 aromatic rings. The summed E-state index contributed by atoms with van der Waals surface area (Å²) >= 11 is 0. The van der Waals surface area contributed by atoms with Crippen LogP contribution < -0.4 is 24.3 Å². The quantitative estimate of drug-likeness (QED) is 0.633. The van der Waals surface area contributed by atoms with Gasteiger partial charge < -0.3 is 29.4 Å². The van der Waals surface area contributed by atoms with E-state index < -0.39 is 12.2 Å². The molecule has 2 aliphatic heterocycles. The van der Waals surface area contributed by atoms with Crippen molar-refractivity contribution in [2.75, 3.05) is 18.7 Å². The van der Waals surface area contributed by atoms with E-state index in [2.05, 4.69) is 20.5 Å². The average molecular weight is 422 g/mol. The fourth-order valence-corrected chi connectivity index (χ4v) is 3.40. The molecule has 0 aliphatic carbocycles. The molecule has 158 valence electrons. The van der Waals surface area contributed by atoms with Gasteiger partial charge in [-0.05, 0) is 24.6 Å². The van der Waals surface area contributed by atoms with Crippen LogP contribution in [0.4, 0.5) is 5.69 Å². The lowest BCUT2D eigenvalue weighted by molar-refractivity contribution is 0.0691. The Labute approximate surface area is 176 Å². The number of aromatic carboxylic acids is 1. The second-order valence-electron chi connectivity index (χ2n) is 6.88.